The number of para-hydroxylation sites is 1. The maximum Gasteiger partial charge on any atom is 0.414 e. The van der Waals surface area contributed by atoms with E-state index >= 15 is 0 Å². The number of nitrogens with zero attached hydrogens (tertiary/aromatic N) is 6. The number of anilines is 4. The van der Waals surface area contributed by atoms with Crippen molar-refractivity contribution in [2.75, 3.05) is 48.3 Å². The molecule has 2 fully saturated rings. The number of pyridine rings is 1. The van der Waals surface area contributed by atoms with Crippen LogP contribution in [0.25, 0.3) is 11.0 Å². The predicted octanol–water partition coefficient (Wildman–Crippen LogP) is 4.83. The summed E-state index contributed by atoms with van der Waals surface area (Å²) in [7, 11) is 2.12. The fraction of sp³-hybridized carbons (Fsp3) is 0.533. The Hall–Kier alpha value is -3.66. The van der Waals surface area contributed by atoms with E-state index in [2.05, 4.69) is 22.2 Å². The minimum atomic E-state index is -0.607. The van der Waals surface area contributed by atoms with Crippen LogP contribution < -0.4 is 20.7 Å². The second kappa shape index (κ2) is 10.1. The van der Waals surface area contributed by atoms with Crippen LogP contribution in [0.2, 0.25) is 0 Å². The summed E-state index contributed by atoms with van der Waals surface area (Å²) in [5.41, 5.74) is 3.13. The molecule has 1 saturated carbocycles. The van der Waals surface area contributed by atoms with Crippen LogP contribution in [-0.2, 0) is 4.74 Å². The first-order valence-corrected chi connectivity index (χ1v) is 14.3. The van der Waals surface area contributed by atoms with Gasteiger partial charge in [-0.1, -0.05) is 12.1 Å². The van der Waals surface area contributed by atoms with E-state index in [9.17, 15) is 9.59 Å². The van der Waals surface area contributed by atoms with E-state index in [-0.39, 0.29) is 17.7 Å². The number of rotatable bonds is 4. The molecule has 1 N–H and O–H groups in total. The van der Waals surface area contributed by atoms with Crippen LogP contribution in [0, 0.1) is 6.92 Å². The van der Waals surface area contributed by atoms with Crippen molar-refractivity contribution in [3.8, 4) is 0 Å². The molecule has 6 rings (SSSR count). The average molecular weight is 546 g/mol. The van der Waals surface area contributed by atoms with Gasteiger partial charge in [-0.3, -0.25) is 14.3 Å². The van der Waals surface area contributed by atoms with Gasteiger partial charge in [0, 0.05) is 36.8 Å². The van der Waals surface area contributed by atoms with E-state index in [0.717, 1.165) is 61.1 Å². The zero-order chi connectivity index (χ0) is 28.2. The average Bonchev–Trinajstić information content (AvgIpc) is 3.72. The third-order valence-corrected chi connectivity index (χ3v) is 7.95. The molecule has 3 aromatic rings. The molecule has 2 aliphatic heterocycles. The van der Waals surface area contributed by atoms with E-state index in [1.807, 2.05) is 67.6 Å². The number of hydrogen-bond donors (Lipinski definition) is 1. The number of aromatic nitrogens is 3. The molecule has 0 spiro atoms. The van der Waals surface area contributed by atoms with Crippen molar-refractivity contribution in [3.63, 3.8) is 0 Å². The van der Waals surface area contributed by atoms with Gasteiger partial charge in [0.25, 0.3) is 5.56 Å². The first kappa shape index (κ1) is 26.6. The fourth-order valence-electron chi connectivity index (χ4n) is 5.77. The number of piperidine rings is 1. The van der Waals surface area contributed by atoms with Gasteiger partial charge in [-0.25, -0.2) is 9.78 Å². The van der Waals surface area contributed by atoms with Gasteiger partial charge >= 0.3 is 6.09 Å². The van der Waals surface area contributed by atoms with E-state index in [1.54, 1.807) is 4.90 Å². The molecule has 0 radical (unpaired) electrons. The quantitative estimate of drug-likeness (QED) is 0.498. The summed E-state index contributed by atoms with van der Waals surface area (Å²) in [4.78, 5) is 43.1. The number of aryl methyl sites for hydroxylation is 1. The summed E-state index contributed by atoms with van der Waals surface area (Å²) >= 11 is 0. The molecule has 2 aromatic heterocycles. The van der Waals surface area contributed by atoms with Crippen molar-refractivity contribution >= 4 is 40.1 Å². The second-order valence-corrected chi connectivity index (χ2v) is 12.4. The Balaban J connectivity index is 1.46. The molecular weight excluding hydrogens is 506 g/mol. The van der Waals surface area contributed by atoms with Crippen LogP contribution in [0.5, 0.6) is 0 Å². The Morgan fingerprint density at radius 1 is 1.05 bits per heavy atom. The van der Waals surface area contributed by atoms with Crippen molar-refractivity contribution in [1.82, 2.24) is 19.4 Å². The number of nitrogens with one attached hydrogen (secondary N) is 1. The highest BCUT2D eigenvalue weighted by atomic mass is 16.6. The number of carbonyl (C=O) groups excluding carboxylic acids is 1. The maximum absolute atomic E-state index is 14.4. The molecule has 1 aromatic carbocycles. The SMILES string of the molecule is Cc1cccc2c1N(C(=O)OC(C)(C)C)CCN2c1cc2cnc(NC3CC3)nc2n(C2CCN(C)CC2)c1=O. The van der Waals surface area contributed by atoms with Crippen LogP contribution in [0.15, 0.2) is 35.3 Å². The second-order valence-electron chi connectivity index (χ2n) is 12.4. The van der Waals surface area contributed by atoms with Gasteiger partial charge in [-0.05, 0) is 91.2 Å². The number of fused-ring (bicyclic) bond motifs is 2. The van der Waals surface area contributed by atoms with E-state index in [0.29, 0.717) is 36.4 Å². The van der Waals surface area contributed by atoms with Gasteiger partial charge in [0.2, 0.25) is 5.95 Å². The Morgan fingerprint density at radius 2 is 1.80 bits per heavy atom. The molecule has 10 heteroatoms. The fourth-order valence-corrected chi connectivity index (χ4v) is 5.77. The van der Waals surface area contributed by atoms with Crippen LogP contribution in [0.1, 0.15) is 58.1 Å². The molecule has 1 aliphatic carbocycles. The van der Waals surface area contributed by atoms with E-state index in [1.165, 1.54) is 0 Å². The van der Waals surface area contributed by atoms with Gasteiger partial charge in [0.05, 0.1) is 11.4 Å². The van der Waals surface area contributed by atoms with Crippen LogP contribution in [0.3, 0.4) is 0 Å². The summed E-state index contributed by atoms with van der Waals surface area (Å²) < 4.78 is 7.65. The predicted molar refractivity (Wildman–Crippen MR) is 158 cm³/mol. The highest BCUT2D eigenvalue weighted by Gasteiger charge is 2.34. The summed E-state index contributed by atoms with van der Waals surface area (Å²) in [6.45, 7) is 10.3. The zero-order valence-corrected chi connectivity index (χ0v) is 24.1. The summed E-state index contributed by atoms with van der Waals surface area (Å²) in [6.07, 6.45) is 5.45. The van der Waals surface area contributed by atoms with Crippen molar-refractivity contribution in [2.24, 2.45) is 0 Å². The molecule has 3 aliphatic rings. The minimum Gasteiger partial charge on any atom is -0.443 e. The highest BCUT2D eigenvalue weighted by molar-refractivity contribution is 5.97. The molecular formula is C30H39N7O3. The molecule has 0 bridgehead atoms. The molecule has 1 saturated heterocycles. The molecule has 1 amide bonds. The smallest absolute Gasteiger partial charge is 0.414 e. The standard InChI is InChI=1S/C30H39N7O3/c1-19-7-6-8-23-25(19)36(29(39)40-30(2,3)4)16-15-35(23)24-17-20-18-31-28(32-21-9-10-21)33-26(20)37(27(24)38)22-11-13-34(5)14-12-22/h6-8,17-18,21-22H,9-16H2,1-5H3,(H,31,32,33). The van der Waals surface area contributed by atoms with E-state index in [4.69, 9.17) is 9.72 Å². The van der Waals surface area contributed by atoms with Crippen molar-refractivity contribution in [2.45, 2.75) is 71.1 Å². The molecule has 10 nitrogen and oxygen atoms in total. The molecule has 212 valence electrons. The van der Waals surface area contributed by atoms with Gasteiger partial charge in [-0.15, -0.1) is 0 Å². The lowest BCUT2D eigenvalue weighted by Crippen LogP contribution is -2.46. The van der Waals surface area contributed by atoms with Crippen molar-refractivity contribution < 1.29 is 9.53 Å². The molecule has 40 heavy (non-hydrogen) atoms. The van der Waals surface area contributed by atoms with Crippen LogP contribution in [-0.4, -0.2) is 70.4 Å². The molecule has 0 unspecified atom stereocenters. The Labute approximate surface area is 234 Å². The Bertz CT molecular complexity index is 1500. The van der Waals surface area contributed by atoms with Crippen LogP contribution >= 0.6 is 0 Å². The summed E-state index contributed by atoms with van der Waals surface area (Å²) in [6, 6.07) is 8.31. The molecule has 4 heterocycles. The lowest BCUT2D eigenvalue weighted by Gasteiger charge is -2.39. The third-order valence-electron chi connectivity index (χ3n) is 7.95. The maximum atomic E-state index is 14.4. The largest absolute Gasteiger partial charge is 0.443 e. The summed E-state index contributed by atoms with van der Waals surface area (Å²) in [5.74, 6) is 0.579. The Kier molecular flexibility index (Phi) is 6.68. The van der Waals surface area contributed by atoms with Gasteiger partial charge < -0.3 is 19.9 Å². The van der Waals surface area contributed by atoms with E-state index < -0.39 is 5.60 Å². The van der Waals surface area contributed by atoms with Crippen molar-refractivity contribution in [3.05, 3.63) is 46.4 Å². The number of likely N-dealkylation sites (tertiary alicyclic amines) is 1. The Morgan fingerprint density at radius 3 is 2.50 bits per heavy atom. The number of carbonyl (C=O) groups is 1. The van der Waals surface area contributed by atoms with Crippen molar-refractivity contribution in [1.29, 1.82) is 0 Å². The summed E-state index contributed by atoms with van der Waals surface area (Å²) in [5, 5.41) is 4.22. The lowest BCUT2D eigenvalue weighted by atomic mass is 10.0. The number of benzene rings is 1. The normalized spacial score (nSPS) is 18.6. The zero-order valence-electron chi connectivity index (χ0n) is 24.1. The van der Waals surface area contributed by atoms with Crippen LogP contribution in [0.4, 0.5) is 27.8 Å². The lowest BCUT2D eigenvalue weighted by molar-refractivity contribution is 0.0580. The number of ether oxygens (including phenoxy) is 1. The van der Waals surface area contributed by atoms with Gasteiger partial charge in [0.1, 0.15) is 16.9 Å². The van der Waals surface area contributed by atoms with Gasteiger partial charge in [-0.2, -0.15) is 4.98 Å². The monoisotopic (exact) mass is 545 g/mol. The first-order chi connectivity index (χ1) is 19.1. The number of hydrogen-bond acceptors (Lipinski definition) is 8. The minimum absolute atomic E-state index is 0.0508. The first-order valence-electron chi connectivity index (χ1n) is 14.3. The third kappa shape index (κ3) is 5.12. The van der Waals surface area contributed by atoms with Gasteiger partial charge in [0.15, 0.2) is 0 Å². The highest BCUT2D eigenvalue weighted by Crippen LogP contribution is 2.40. The topological polar surface area (TPSA) is 95.8 Å². The molecule has 0 atom stereocenters. The number of amides is 1.